The maximum atomic E-state index is 15.0. The number of carbonyl (C=O) groups excluding carboxylic acids is 4. The molecule has 1 heterocycles. The summed E-state index contributed by atoms with van der Waals surface area (Å²) in [6.45, 7) is 0. The molecule has 0 radical (unpaired) electrons. The molecule has 4 aromatic carbocycles. The number of phenols is 1. The molecule has 2 fully saturated rings. The van der Waals surface area contributed by atoms with Crippen molar-refractivity contribution in [3.05, 3.63) is 150 Å². The average molecular weight is 606 g/mol. The lowest BCUT2D eigenvalue weighted by Crippen LogP contribution is -2.58. The van der Waals surface area contributed by atoms with Crippen LogP contribution < -0.4 is 4.90 Å². The Kier molecular flexibility index (Phi) is 6.50. The van der Waals surface area contributed by atoms with Crippen molar-refractivity contribution in [3.63, 3.8) is 0 Å². The third kappa shape index (κ3) is 3.89. The highest BCUT2D eigenvalue weighted by Gasteiger charge is 2.66. The van der Waals surface area contributed by atoms with Gasteiger partial charge < -0.3 is 5.11 Å². The fourth-order valence-corrected chi connectivity index (χ4v) is 8.78. The van der Waals surface area contributed by atoms with Crippen molar-refractivity contribution in [2.45, 2.75) is 24.2 Å². The van der Waals surface area contributed by atoms with Gasteiger partial charge in [0.15, 0.2) is 11.6 Å². The summed E-state index contributed by atoms with van der Waals surface area (Å²) >= 11 is 0. The molecule has 3 aliphatic carbocycles. The van der Waals surface area contributed by atoms with Gasteiger partial charge in [-0.25, -0.2) is 0 Å². The summed E-state index contributed by atoms with van der Waals surface area (Å²) in [4.78, 5) is 59.3. The van der Waals surface area contributed by atoms with E-state index in [1.165, 1.54) is 11.0 Å². The number of imide groups is 1. The van der Waals surface area contributed by atoms with E-state index in [4.69, 9.17) is 0 Å². The maximum Gasteiger partial charge on any atom is 0.238 e. The van der Waals surface area contributed by atoms with Crippen LogP contribution in [-0.4, -0.2) is 28.5 Å². The molecule has 226 valence electrons. The molecule has 4 aromatic rings. The quantitative estimate of drug-likeness (QED) is 0.214. The lowest BCUT2D eigenvalue weighted by molar-refractivity contribution is -0.135. The zero-order chi connectivity index (χ0) is 31.6. The minimum absolute atomic E-state index is 0.0167. The summed E-state index contributed by atoms with van der Waals surface area (Å²) in [5.41, 5.74) is 2.21. The number of amides is 2. The van der Waals surface area contributed by atoms with Gasteiger partial charge >= 0.3 is 0 Å². The Hall–Kier alpha value is -5.36. The number of allylic oxidation sites excluding steroid dienone is 4. The Morgan fingerprint density at radius 1 is 0.696 bits per heavy atom. The third-order valence-corrected chi connectivity index (χ3v) is 10.6. The first-order valence-electron chi connectivity index (χ1n) is 15.7. The summed E-state index contributed by atoms with van der Waals surface area (Å²) in [7, 11) is 0. The Bertz CT molecular complexity index is 1960. The third-order valence-electron chi connectivity index (χ3n) is 10.6. The van der Waals surface area contributed by atoms with Crippen molar-refractivity contribution in [3.8, 4) is 5.75 Å². The van der Waals surface area contributed by atoms with Crippen LogP contribution in [0, 0.1) is 23.7 Å². The van der Waals surface area contributed by atoms with Crippen molar-refractivity contribution in [1.29, 1.82) is 0 Å². The second kappa shape index (κ2) is 10.6. The summed E-state index contributed by atoms with van der Waals surface area (Å²) in [6, 6.07) is 34.5. The Balaban J connectivity index is 1.37. The number of anilines is 1. The highest BCUT2D eigenvalue weighted by atomic mass is 16.3. The number of hydrogen-bond donors (Lipinski definition) is 1. The maximum absolute atomic E-state index is 15.0. The van der Waals surface area contributed by atoms with Crippen LogP contribution in [0.4, 0.5) is 5.69 Å². The molecule has 46 heavy (non-hydrogen) atoms. The highest BCUT2D eigenvalue weighted by Crippen LogP contribution is 2.64. The zero-order valence-electron chi connectivity index (χ0n) is 25.0. The SMILES string of the molecule is O=C1C(c2ccccc2)=CC(=O)[C@@]2(c3ccccc3)[C@@H](c3ccccc3O)C3=CC[C@@H]4C(=O)N(c5ccccc5)C(=O)[C@@H]4[C@@H]3C[C@@H]12. The summed E-state index contributed by atoms with van der Waals surface area (Å²) in [5.74, 6) is -4.23. The van der Waals surface area contributed by atoms with Crippen LogP contribution in [0.25, 0.3) is 5.57 Å². The molecule has 4 aliphatic rings. The van der Waals surface area contributed by atoms with Crippen LogP contribution in [0.5, 0.6) is 5.75 Å². The normalized spacial score (nSPS) is 28.6. The Morgan fingerprint density at radius 3 is 2.02 bits per heavy atom. The number of fused-ring (bicyclic) bond motifs is 4. The van der Waals surface area contributed by atoms with E-state index in [2.05, 4.69) is 0 Å². The van der Waals surface area contributed by atoms with Gasteiger partial charge in [-0.1, -0.05) is 109 Å². The number of rotatable bonds is 4. The van der Waals surface area contributed by atoms with Crippen molar-refractivity contribution in [2.75, 3.05) is 4.90 Å². The molecule has 2 amide bonds. The number of phenolic OH excluding ortho intramolecular Hbond substituents is 1. The van der Waals surface area contributed by atoms with Gasteiger partial charge in [0.2, 0.25) is 11.8 Å². The van der Waals surface area contributed by atoms with Gasteiger partial charge in [-0.2, -0.15) is 0 Å². The first-order valence-corrected chi connectivity index (χ1v) is 15.7. The Morgan fingerprint density at radius 2 is 1.33 bits per heavy atom. The van der Waals surface area contributed by atoms with E-state index in [-0.39, 0.29) is 35.6 Å². The largest absolute Gasteiger partial charge is 0.508 e. The van der Waals surface area contributed by atoms with E-state index in [0.29, 0.717) is 34.4 Å². The van der Waals surface area contributed by atoms with E-state index < -0.39 is 35.0 Å². The van der Waals surface area contributed by atoms with E-state index in [1.807, 2.05) is 84.9 Å². The second-order valence-electron chi connectivity index (χ2n) is 12.7. The van der Waals surface area contributed by atoms with Crippen LogP contribution in [0.15, 0.2) is 133 Å². The van der Waals surface area contributed by atoms with Gasteiger partial charge in [-0.15, -0.1) is 0 Å². The summed E-state index contributed by atoms with van der Waals surface area (Å²) in [6.07, 6.45) is 4.05. The number of hydrogen-bond acceptors (Lipinski definition) is 5. The lowest BCUT2D eigenvalue weighted by Gasteiger charge is -2.55. The molecule has 6 nitrogen and oxygen atoms in total. The molecule has 0 bridgehead atoms. The van der Waals surface area contributed by atoms with Gasteiger partial charge in [0.25, 0.3) is 0 Å². The van der Waals surface area contributed by atoms with Crippen molar-refractivity contribution >= 4 is 34.6 Å². The number of carbonyl (C=O) groups is 4. The molecule has 1 saturated carbocycles. The lowest BCUT2D eigenvalue weighted by atomic mass is 9.44. The van der Waals surface area contributed by atoms with E-state index in [1.54, 1.807) is 36.4 Å². The number of nitrogens with zero attached hydrogens (tertiary/aromatic N) is 1. The molecule has 0 spiro atoms. The standard InChI is InChI=1S/C40H31NO5/c42-33-19-11-10-18-28(33)36-27-20-21-29-35(39(46)41(38(29)45)26-16-8-3-9-17-26)31(27)22-32-37(44)30(24-12-4-1-5-13-24)23-34(43)40(32,36)25-14-6-2-7-15-25/h1-20,23,29,31-32,35-36,42H,21-22H2/t29-,31+,32-,35-,36+,40-/m0/s1. The molecule has 8 rings (SSSR count). The molecule has 1 saturated heterocycles. The van der Waals surface area contributed by atoms with E-state index >= 15 is 0 Å². The summed E-state index contributed by atoms with van der Waals surface area (Å²) in [5, 5.41) is 11.4. The zero-order valence-corrected chi connectivity index (χ0v) is 25.0. The van der Waals surface area contributed by atoms with Gasteiger partial charge in [-0.05, 0) is 54.2 Å². The van der Waals surface area contributed by atoms with Crippen LogP contribution >= 0.6 is 0 Å². The molecule has 0 aromatic heterocycles. The average Bonchev–Trinajstić information content (AvgIpc) is 3.36. The number of ketones is 2. The number of Topliss-reactive ketones (excluding diaryl/α,β-unsaturated/α-hetero) is 1. The fraction of sp³-hybridized carbons (Fsp3) is 0.200. The summed E-state index contributed by atoms with van der Waals surface area (Å²) < 4.78 is 0. The number of benzene rings is 4. The monoisotopic (exact) mass is 605 g/mol. The molecular weight excluding hydrogens is 574 g/mol. The van der Waals surface area contributed by atoms with Gasteiger partial charge in [0.1, 0.15) is 5.75 Å². The number of aromatic hydroxyl groups is 1. The minimum atomic E-state index is -1.37. The van der Waals surface area contributed by atoms with Crippen molar-refractivity contribution in [2.24, 2.45) is 23.7 Å². The van der Waals surface area contributed by atoms with Crippen molar-refractivity contribution < 1.29 is 24.3 Å². The fourth-order valence-electron chi connectivity index (χ4n) is 8.78. The van der Waals surface area contributed by atoms with Crippen molar-refractivity contribution in [1.82, 2.24) is 0 Å². The van der Waals surface area contributed by atoms with Crippen LogP contribution in [0.2, 0.25) is 0 Å². The van der Waals surface area contributed by atoms with E-state index in [9.17, 15) is 24.3 Å². The first kappa shape index (κ1) is 28.1. The van der Waals surface area contributed by atoms with E-state index in [0.717, 1.165) is 5.57 Å². The predicted octanol–water partition coefficient (Wildman–Crippen LogP) is 6.42. The Labute approximate surface area is 266 Å². The minimum Gasteiger partial charge on any atom is -0.508 e. The smallest absolute Gasteiger partial charge is 0.238 e. The molecular formula is C40H31NO5. The molecule has 1 N–H and O–H groups in total. The topological polar surface area (TPSA) is 91.8 Å². The van der Waals surface area contributed by atoms with Crippen LogP contribution in [-0.2, 0) is 24.6 Å². The van der Waals surface area contributed by atoms with Gasteiger partial charge in [0.05, 0.1) is 22.9 Å². The highest BCUT2D eigenvalue weighted by molar-refractivity contribution is 6.32. The first-order chi connectivity index (χ1) is 22.4. The number of para-hydroxylation sites is 2. The predicted molar refractivity (Wildman–Crippen MR) is 174 cm³/mol. The molecule has 0 unspecified atom stereocenters. The second-order valence-corrected chi connectivity index (χ2v) is 12.7. The van der Waals surface area contributed by atoms with Gasteiger partial charge in [0, 0.05) is 23.0 Å². The van der Waals surface area contributed by atoms with Gasteiger partial charge in [-0.3, -0.25) is 24.1 Å². The molecule has 6 atom stereocenters. The van der Waals surface area contributed by atoms with Crippen LogP contribution in [0.1, 0.15) is 35.4 Å². The molecule has 6 heteroatoms. The van der Waals surface area contributed by atoms with Crippen LogP contribution in [0.3, 0.4) is 0 Å². The molecule has 1 aliphatic heterocycles.